The highest BCUT2D eigenvalue weighted by atomic mass is 28.3. The minimum absolute atomic E-state index is 0.655. The lowest BCUT2D eigenvalue weighted by Gasteiger charge is -2.08. The van der Waals surface area contributed by atoms with Crippen molar-refractivity contribution in [1.29, 1.82) is 0 Å². The lowest BCUT2D eigenvalue weighted by Crippen LogP contribution is -2.25. The molecule has 0 aromatic carbocycles. The van der Waals surface area contributed by atoms with Gasteiger partial charge in [0.1, 0.15) is 0 Å². The molecule has 0 heterocycles. The van der Waals surface area contributed by atoms with Gasteiger partial charge >= 0.3 is 9.53 Å². The van der Waals surface area contributed by atoms with E-state index >= 15 is 0 Å². The standard InChI is InChI=1S/C5H13O3Si/c1-4-7-9(6-3)8-5-2/h4-5H2,1-3H3. The van der Waals surface area contributed by atoms with Crippen LogP contribution in [0, 0.1) is 0 Å². The predicted molar refractivity (Wildman–Crippen MR) is 36.0 cm³/mol. The molecule has 9 heavy (non-hydrogen) atoms. The van der Waals surface area contributed by atoms with Crippen LogP contribution in [0.4, 0.5) is 0 Å². The molecule has 4 heteroatoms. The van der Waals surface area contributed by atoms with Crippen molar-refractivity contribution in [2.24, 2.45) is 0 Å². The van der Waals surface area contributed by atoms with Crippen LogP contribution in [0.25, 0.3) is 0 Å². The van der Waals surface area contributed by atoms with Gasteiger partial charge in [-0.15, -0.1) is 0 Å². The van der Waals surface area contributed by atoms with Gasteiger partial charge in [-0.05, 0) is 13.8 Å². The molecule has 0 amide bonds. The van der Waals surface area contributed by atoms with Crippen LogP contribution in [0.2, 0.25) is 0 Å². The Balaban J connectivity index is 3.18. The van der Waals surface area contributed by atoms with Gasteiger partial charge in [-0.2, -0.15) is 0 Å². The van der Waals surface area contributed by atoms with Crippen LogP contribution in [0.3, 0.4) is 0 Å². The molecule has 0 aromatic rings. The Morgan fingerprint density at radius 1 is 1.11 bits per heavy atom. The van der Waals surface area contributed by atoms with E-state index in [4.69, 9.17) is 13.3 Å². The second kappa shape index (κ2) is 6.22. The quantitative estimate of drug-likeness (QED) is 0.538. The Labute approximate surface area is 57.9 Å². The second-order valence-corrected chi connectivity index (χ2v) is 2.81. The van der Waals surface area contributed by atoms with Gasteiger partial charge < -0.3 is 13.3 Å². The molecular weight excluding hydrogens is 136 g/mol. The van der Waals surface area contributed by atoms with Crippen LogP contribution in [-0.2, 0) is 13.3 Å². The van der Waals surface area contributed by atoms with Gasteiger partial charge in [-0.25, -0.2) is 0 Å². The van der Waals surface area contributed by atoms with E-state index in [1.807, 2.05) is 13.8 Å². The molecule has 55 valence electrons. The summed E-state index contributed by atoms with van der Waals surface area (Å²) in [4.78, 5) is 0. The molecule has 0 atom stereocenters. The fourth-order valence-corrected chi connectivity index (χ4v) is 1.19. The average Bonchev–Trinajstić information content (AvgIpc) is 1.88. The van der Waals surface area contributed by atoms with E-state index in [-0.39, 0.29) is 0 Å². The summed E-state index contributed by atoms with van der Waals surface area (Å²) in [5.74, 6) is 0. The van der Waals surface area contributed by atoms with E-state index in [9.17, 15) is 0 Å². The van der Waals surface area contributed by atoms with Gasteiger partial charge in [-0.1, -0.05) is 0 Å². The van der Waals surface area contributed by atoms with Gasteiger partial charge in [0.15, 0.2) is 0 Å². The Morgan fingerprint density at radius 2 is 1.56 bits per heavy atom. The molecule has 1 radical (unpaired) electrons. The first-order valence-electron chi connectivity index (χ1n) is 3.01. The molecule has 0 fully saturated rings. The summed E-state index contributed by atoms with van der Waals surface area (Å²) in [6, 6.07) is 0. The Kier molecular flexibility index (Phi) is 6.29. The molecule has 3 nitrogen and oxygen atoms in total. The molecule has 0 bridgehead atoms. The first-order valence-corrected chi connectivity index (χ1v) is 4.24. The van der Waals surface area contributed by atoms with Crippen molar-refractivity contribution in [3.63, 3.8) is 0 Å². The van der Waals surface area contributed by atoms with Crippen molar-refractivity contribution in [2.45, 2.75) is 13.8 Å². The van der Waals surface area contributed by atoms with Crippen LogP contribution in [0.5, 0.6) is 0 Å². The third-order valence-electron chi connectivity index (χ3n) is 0.691. The first-order chi connectivity index (χ1) is 4.35. The molecule has 0 saturated heterocycles. The SMILES string of the molecule is CCO[Si](OC)OCC. The van der Waals surface area contributed by atoms with Gasteiger partial charge in [0, 0.05) is 20.3 Å². The monoisotopic (exact) mass is 149 g/mol. The van der Waals surface area contributed by atoms with E-state index in [1.54, 1.807) is 7.11 Å². The van der Waals surface area contributed by atoms with Crippen molar-refractivity contribution >= 4 is 9.53 Å². The lowest BCUT2D eigenvalue weighted by molar-refractivity contribution is 0.123. The Bertz CT molecular complexity index is 54.2. The van der Waals surface area contributed by atoms with Gasteiger partial charge in [-0.3, -0.25) is 0 Å². The van der Waals surface area contributed by atoms with Crippen molar-refractivity contribution in [2.75, 3.05) is 20.3 Å². The van der Waals surface area contributed by atoms with E-state index in [2.05, 4.69) is 0 Å². The maximum absolute atomic E-state index is 5.09. The minimum Gasteiger partial charge on any atom is -0.375 e. The molecule has 0 aliphatic heterocycles. The first kappa shape index (κ1) is 9.10. The van der Waals surface area contributed by atoms with Gasteiger partial charge in [0.25, 0.3) is 0 Å². The summed E-state index contributed by atoms with van der Waals surface area (Å²) in [5.41, 5.74) is 0. The lowest BCUT2D eigenvalue weighted by atomic mass is 10.9. The maximum Gasteiger partial charge on any atom is 0.577 e. The Hall–Kier alpha value is 0.0969. The van der Waals surface area contributed by atoms with Crippen molar-refractivity contribution in [1.82, 2.24) is 0 Å². The third-order valence-corrected chi connectivity index (χ3v) is 2.07. The smallest absolute Gasteiger partial charge is 0.375 e. The topological polar surface area (TPSA) is 27.7 Å². The molecule has 0 spiro atoms. The zero-order valence-corrected chi connectivity index (χ0v) is 7.14. The van der Waals surface area contributed by atoms with Crippen molar-refractivity contribution in [3.8, 4) is 0 Å². The second-order valence-electron chi connectivity index (χ2n) is 1.32. The van der Waals surface area contributed by atoms with Crippen LogP contribution in [-0.4, -0.2) is 29.9 Å². The van der Waals surface area contributed by atoms with E-state index in [1.165, 1.54) is 0 Å². The summed E-state index contributed by atoms with van der Waals surface area (Å²) in [6.45, 7) is 5.15. The summed E-state index contributed by atoms with van der Waals surface area (Å²) in [7, 11) is 0.211. The summed E-state index contributed by atoms with van der Waals surface area (Å²) < 4.78 is 15.1. The number of rotatable bonds is 5. The number of hydrogen-bond acceptors (Lipinski definition) is 3. The summed E-state index contributed by atoms with van der Waals surface area (Å²) in [6.07, 6.45) is 0. The minimum atomic E-state index is -1.39. The third kappa shape index (κ3) is 4.59. The van der Waals surface area contributed by atoms with Gasteiger partial charge in [0.2, 0.25) is 0 Å². The fourth-order valence-electron chi connectivity index (χ4n) is 0.395. The summed E-state index contributed by atoms with van der Waals surface area (Å²) in [5, 5.41) is 0. The normalized spacial score (nSPS) is 10.7. The van der Waals surface area contributed by atoms with Crippen LogP contribution < -0.4 is 0 Å². The molecule has 0 N–H and O–H groups in total. The fraction of sp³-hybridized carbons (Fsp3) is 1.00. The predicted octanol–water partition coefficient (Wildman–Crippen LogP) is 0.691. The zero-order chi connectivity index (χ0) is 7.11. The van der Waals surface area contributed by atoms with Crippen LogP contribution in [0.1, 0.15) is 13.8 Å². The maximum atomic E-state index is 5.09. The van der Waals surface area contributed by atoms with Crippen molar-refractivity contribution in [3.05, 3.63) is 0 Å². The molecular formula is C5H13O3Si. The average molecular weight is 149 g/mol. The highest BCUT2D eigenvalue weighted by molar-refractivity contribution is 6.36. The van der Waals surface area contributed by atoms with Crippen LogP contribution in [0.15, 0.2) is 0 Å². The van der Waals surface area contributed by atoms with Crippen molar-refractivity contribution < 1.29 is 13.3 Å². The zero-order valence-electron chi connectivity index (χ0n) is 6.14. The van der Waals surface area contributed by atoms with Crippen LogP contribution >= 0.6 is 0 Å². The van der Waals surface area contributed by atoms with E-state index in [0.717, 1.165) is 0 Å². The van der Waals surface area contributed by atoms with Gasteiger partial charge in [0.05, 0.1) is 0 Å². The van der Waals surface area contributed by atoms with E-state index < -0.39 is 9.53 Å². The largest absolute Gasteiger partial charge is 0.577 e. The Morgan fingerprint density at radius 3 is 1.78 bits per heavy atom. The summed E-state index contributed by atoms with van der Waals surface area (Å²) >= 11 is 0. The number of hydrogen-bond donors (Lipinski definition) is 0. The molecule has 0 aliphatic rings. The highest BCUT2D eigenvalue weighted by Gasteiger charge is 2.13. The highest BCUT2D eigenvalue weighted by Crippen LogP contribution is 1.88. The molecule has 0 aliphatic carbocycles. The van der Waals surface area contributed by atoms with E-state index in [0.29, 0.717) is 13.2 Å². The molecule has 0 rings (SSSR count). The molecule has 0 saturated carbocycles. The molecule has 0 unspecified atom stereocenters. The molecule has 0 aromatic heterocycles.